The van der Waals surface area contributed by atoms with Crippen molar-refractivity contribution in [3.05, 3.63) is 57.5 Å². The van der Waals surface area contributed by atoms with Crippen LogP contribution in [-0.2, 0) is 17.8 Å². The van der Waals surface area contributed by atoms with E-state index >= 15 is 0 Å². The Morgan fingerprint density at radius 3 is 2.71 bits per heavy atom. The number of fused-ring (bicyclic) bond motifs is 1. The number of carbonyl (C=O) groups is 1. The van der Waals surface area contributed by atoms with E-state index in [1.165, 1.54) is 0 Å². The molecule has 1 heterocycles. The first kappa shape index (κ1) is 17.0. The Morgan fingerprint density at radius 1 is 1.25 bits per heavy atom. The molecule has 0 bridgehead atoms. The normalized spacial score (nSPS) is 11.0. The number of hydrogen-bond donors (Lipinski definition) is 1. The summed E-state index contributed by atoms with van der Waals surface area (Å²) >= 11 is 9.36. The second kappa shape index (κ2) is 7.36. The minimum absolute atomic E-state index is 0.0935. The molecule has 24 heavy (non-hydrogen) atoms. The molecular weight excluding hydrogens is 390 g/mol. The highest BCUT2D eigenvalue weighted by Gasteiger charge is 2.13. The Bertz CT molecular complexity index is 874. The highest BCUT2D eigenvalue weighted by molar-refractivity contribution is 9.10. The Morgan fingerprint density at radius 2 is 2.00 bits per heavy atom. The SMILES string of the molecule is CCCn1c(NC(=O)Cc2ccc(Cl)cc2)nc2ccc(Br)cc21. The zero-order valence-corrected chi connectivity index (χ0v) is 15.6. The summed E-state index contributed by atoms with van der Waals surface area (Å²) in [5.74, 6) is 0.493. The summed E-state index contributed by atoms with van der Waals surface area (Å²) in [5, 5.41) is 3.59. The topological polar surface area (TPSA) is 46.9 Å². The molecule has 4 nitrogen and oxygen atoms in total. The van der Waals surface area contributed by atoms with Gasteiger partial charge < -0.3 is 4.57 Å². The molecule has 0 spiro atoms. The van der Waals surface area contributed by atoms with E-state index in [-0.39, 0.29) is 12.3 Å². The first-order chi connectivity index (χ1) is 11.6. The Balaban J connectivity index is 1.84. The number of carbonyl (C=O) groups excluding carboxylic acids is 1. The van der Waals surface area contributed by atoms with Crippen LogP contribution in [0.5, 0.6) is 0 Å². The van der Waals surface area contributed by atoms with Gasteiger partial charge >= 0.3 is 0 Å². The van der Waals surface area contributed by atoms with Crippen LogP contribution in [-0.4, -0.2) is 15.5 Å². The lowest BCUT2D eigenvalue weighted by molar-refractivity contribution is -0.115. The van der Waals surface area contributed by atoms with Crippen molar-refractivity contribution in [2.45, 2.75) is 26.3 Å². The second-order valence-electron chi connectivity index (χ2n) is 5.57. The third kappa shape index (κ3) is 3.79. The quantitative estimate of drug-likeness (QED) is 0.645. The fraction of sp³-hybridized carbons (Fsp3) is 0.222. The molecule has 0 fully saturated rings. The molecule has 0 aliphatic rings. The molecule has 0 aliphatic heterocycles. The van der Waals surface area contributed by atoms with E-state index in [1.807, 2.05) is 34.9 Å². The largest absolute Gasteiger partial charge is 0.310 e. The van der Waals surface area contributed by atoms with Gasteiger partial charge in [-0.25, -0.2) is 4.98 Å². The minimum Gasteiger partial charge on any atom is -0.310 e. The number of aryl methyl sites for hydroxylation is 1. The highest BCUT2D eigenvalue weighted by Crippen LogP contribution is 2.24. The van der Waals surface area contributed by atoms with E-state index in [2.05, 4.69) is 33.2 Å². The van der Waals surface area contributed by atoms with Gasteiger partial charge in [-0.2, -0.15) is 0 Å². The van der Waals surface area contributed by atoms with Crippen molar-refractivity contribution in [3.8, 4) is 0 Å². The molecule has 1 aromatic heterocycles. The van der Waals surface area contributed by atoms with Gasteiger partial charge in [-0.3, -0.25) is 10.1 Å². The van der Waals surface area contributed by atoms with Gasteiger partial charge in [-0.05, 0) is 42.3 Å². The lowest BCUT2D eigenvalue weighted by atomic mass is 10.1. The van der Waals surface area contributed by atoms with Crippen LogP contribution >= 0.6 is 27.5 Å². The van der Waals surface area contributed by atoms with Crippen LogP contribution in [0.1, 0.15) is 18.9 Å². The molecule has 1 N–H and O–H groups in total. The number of rotatable bonds is 5. The number of amides is 1. The van der Waals surface area contributed by atoms with E-state index in [4.69, 9.17) is 11.6 Å². The fourth-order valence-corrected chi connectivity index (χ4v) is 3.07. The molecule has 124 valence electrons. The standard InChI is InChI=1S/C18H17BrClN3O/c1-2-9-23-16-11-13(19)5-8-15(16)21-18(23)22-17(24)10-12-3-6-14(20)7-4-12/h3-8,11H,2,9-10H2,1H3,(H,21,22,24). The van der Waals surface area contributed by atoms with E-state index in [9.17, 15) is 4.79 Å². The third-order valence-electron chi connectivity index (χ3n) is 3.69. The second-order valence-corrected chi connectivity index (χ2v) is 6.92. The molecule has 0 saturated carbocycles. The Hall–Kier alpha value is -1.85. The Labute approximate surface area is 154 Å². The van der Waals surface area contributed by atoms with Crippen LogP contribution in [0.25, 0.3) is 11.0 Å². The summed E-state index contributed by atoms with van der Waals surface area (Å²) in [7, 11) is 0. The summed E-state index contributed by atoms with van der Waals surface area (Å²) < 4.78 is 3.03. The molecule has 6 heteroatoms. The molecule has 3 rings (SSSR count). The lowest BCUT2D eigenvalue weighted by Gasteiger charge is -2.09. The molecular formula is C18H17BrClN3O. The first-order valence-corrected chi connectivity index (χ1v) is 8.94. The molecule has 0 saturated heterocycles. The summed E-state index contributed by atoms with van der Waals surface area (Å²) in [6.07, 6.45) is 1.24. The van der Waals surface area contributed by atoms with Crippen molar-refractivity contribution >= 4 is 50.4 Å². The zero-order chi connectivity index (χ0) is 17.1. The van der Waals surface area contributed by atoms with Crippen LogP contribution in [0.15, 0.2) is 46.9 Å². The van der Waals surface area contributed by atoms with Gasteiger partial charge in [0.1, 0.15) is 0 Å². The van der Waals surface area contributed by atoms with Crippen LogP contribution in [0.3, 0.4) is 0 Å². The predicted octanol–water partition coefficient (Wildman–Crippen LogP) is 5.04. The molecule has 1 amide bonds. The minimum atomic E-state index is -0.0935. The summed E-state index contributed by atoms with van der Waals surface area (Å²) in [6.45, 7) is 2.90. The van der Waals surface area contributed by atoms with Crippen molar-refractivity contribution in [1.82, 2.24) is 9.55 Å². The number of aromatic nitrogens is 2. The van der Waals surface area contributed by atoms with E-state index in [0.717, 1.165) is 34.0 Å². The van der Waals surface area contributed by atoms with Crippen molar-refractivity contribution in [2.75, 3.05) is 5.32 Å². The van der Waals surface area contributed by atoms with Gasteiger partial charge in [0.25, 0.3) is 0 Å². The van der Waals surface area contributed by atoms with Crippen molar-refractivity contribution in [2.24, 2.45) is 0 Å². The smallest absolute Gasteiger partial charge is 0.231 e. The highest BCUT2D eigenvalue weighted by atomic mass is 79.9. The Kier molecular flexibility index (Phi) is 5.21. The van der Waals surface area contributed by atoms with Crippen LogP contribution in [0.2, 0.25) is 5.02 Å². The monoisotopic (exact) mass is 405 g/mol. The van der Waals surface area contributed by atoms with E-state index < -0.39 is 0 Å². The summed E-state index contributed by atoms with van der Waals surface area (Å²) in [4.78, 5) is 16.9. The number of benzene rings is 2. The van der Waals surface area contributed by atoms with Gasteiger partial charge in [0.2, 0.25) is 11.9 Å². The molecule has 0 unspecified atom stereocenters. The average molecular weight is 407 g/mol. The number of nitrogens with one attached hydrogen (secondary N) is 1. The van der Waals surface area contributed by atoms with Crippen molar-refractivity contribution < 1.29 is 4.79 Å². The maximum Gasteiger partial charge on any atom is 0.231 e. The number of halogens is 2. The molecule has 0 atom stereocenters. The first-order valence-electron chi connectivity index (χ1n) is 7.77. The average Bonchev–Trinajstić information content (AvgIpc) is 2.87. The summed E-state index contributed by atoms with van der Waals surface area (Å²) in [6, 6.07) is 13.2. The van der Waals surface area contributed by atoms with E-state index in [1.54, 1.807) is 12.1 Å². The van der Waals surface area contributed by atoms with Crippen molar-refractivity contribution in [1.29, 1.82) is 0 Å². The maximum atomic E-state index is 12.4. The van der Waals surface area contributed by atoms with Crippen LogP contribution in [0.4, 0.5) is 5.95 Å². The van der Waals surface area contributed by atoms with Gasteiger partial charge in [-0.1, -0.05) is 46.6 Å². The van der Waals surface area contributed by atoms with Crippen LogP contribution < -0.4 is 5.32 Å². The third-order valence-corrected chi connectivity index (χ3v) is 4.43. The van der Waals surface area contributed by atoms with Gasteiger partial charge in [0, 0.05) is 16.0 Å². The predicted molar refractivity (Wildman–Crippen MR) is 102 cm³/mol. The summed E-state index contributed by atoms with van der Waals surface area (Å²) in [5.41, 5.74) is 2.79. The number of hydrogen-bond acceptors (Lipinski definition) is 2. The van der Waals surface area contributed by atoms with Gasteiger partial charge in [0.05, 0.1) is 17.5 Å². The number of anilines is 1. The van der Waals surface area contributed by atoms with E-state index in [0.29, 0.717) is 11.0 Å². The lowest BCUT2D eigenvalue weighted by Crippen LogP contribution is -2.18. The maximum absolute atomic E-state index is 12.4. The fourth-order valence-electron chi connectivity index (χ4n) is 2.60. The van der Waals surface area contributed by atoms with Crippen molar-refractivity contribution in [3.63, 3.8) is 0 Å². The molecule has 0 radical (unpaired) electrons. The van der Waals surface area contributed by atoms with Crippen LogP contribution in [0, 0.1) is 0 Å². The molecule has 3 aromatic rings. The van der Waals surface area contributed by atoms with Gasteiger partial charge in [0.15, 0.2) is 0 Å². The number of nitrogens with zero attached hydrogens (tertiary/aromatic N) is 2. The van der Waals surface area contributed by atoms with Gasteiger partial charge in [-0.15, -0.1) is 0 Å². The molecule has 2 aromatic carbocycles. The number of imidazole rings is 1. The molecule has 0 aliphatic carbocycles. The zero-order valence-electron chi connectivity index (χ0n) is 13.2.